The highest BCUT2D eigenvalue weighted by atomic mass is 16.7. The molecule has 13 heavy (non-hydrogen) atoms. The zero-order valence-corrected chi connectivity index (χ0v) is 8.96. The van der Waals surface area contributed by atoms with Gasteiger partial charge in [-0.2, -0.15) is 0 Å². The topological polar surface area (TPSA) is 35.5 Å². The van der Waals surface area contributed by atoms with Crippen molar-refractivity contribution in [3.05, 3.63) is 0 Å². The maximum atomic E-state index is 10.6. The van der Waals surface area contributed by atoms with Crippen molar-refractivity contribution in [1.29, 1.82) is 0 Å². The van der Waals surface area contributed by atoms with Crippen molar-refractivity contribution in [2.75, 3.05) is 0 Å². The highest BCUT2D eigenvalue weighted by Crippen LogP contribution is 2.39. The lowest BCUT2D eigenvalue weighted by Gasteiger charge is -2.32. The average molecular weight is 184 g/mol. The summed E-state index contributed by atoms with van der Waals surface area (Å²) < 4.78 is 11.3. The Morgan fingerprint density at radius 2 is 1.54 bits per heavy atom. The number of carbonyl (C=O) groups excluding carboxylic acids is 1. The van der Waals surface area contributed by atoms with Gasteiger partial charge in [0.2, 0.25) is 0 Å². The SMILES string of the molecule is CC(C=O)B1OC(C)(C)C(C)(C)O1. The first-order valence-electron chi connectivity index (χ1n) is 4.61. The number of hydrogen-bond acceptors (Lipinski definition) is 3. The molecular formula is C9H17BO3. The molecule has 0 saturated carbocycles. The predicted molar refractivity (Wildman–Crippen MR) is 51.6 cm³/mol. The number of rotatable bonds is 2. The Morgan fingerprint density at radius 1 is 1.15 bits per heavy atom. The van der Waals surface area contributed by atoms with Crippen molar-refractivity contribution in [3.8, 4) is 0 Å². The Balaban J connectivity index is 2.76. The summed E-state index contributed by atoms with van der Waals surface area (Å²) in [5.41, 5.74) is -0.677. The first-order valence-corrected chi connectivity index (χ1v) is 4.61. The van der Waals surface area contributed by atoms with Gasteiger partial charge in [-0.05, 0) is 27.7 Å². The summed E-state index contributed by atoms with van der Waals surface area (Å²) in [5.74, 6) is -0.207. The van der Waals surface area contributed by atoms with Crippen LogP contribution in [0.5, 0.6) is 0 Å². The lowest BCUT2D eigenvalue weighted by Crippen LogP contribution is -2.41. The molecule has 4 heteroatoms. The molecule has 74 valence electrons. The minimum absolute atomic E-state index is 0.207. The van der Waals surface area contributed by atoms with Gasteiger partial charge in [0.05, 0.1) is 11.2 Å². The maximum Gasteiger partial charge on any atom is 0.468 e. The van der Waals surface area contributed by atoms with Crippen LogP contribution in [0.1, 0.15) is 34.6 Å². The zero-order valence-electron chi connectivity index (χ0n) is 8.96. The van der Waals surface area contributed by atoms with E-state index < -0.39 is 7.12 Å². The minimum atomic E-state index is -0.400. The van der Waals surface area contributed by atoms with E-state index in [0.29, 0.717) is 0 Å². The van der Waals surface area contributed by atoms with Gasteiger partial charge in [-0.25, -0.2) is 0 Å². The van der Waals surface area contributed by atoms with Crippen LogP contribution in [0, 0.1) is 0 Å². The molecule has 0 N–H and O–H groups in total. The summed E-state index contributed by atoms with van der Waals surface area (Å²) in [7, 11) is -0.400. The van der Waals surface area contributed by atoms with Gasteiger partial charge in [-0.1, -0.05) is 6.92 Å². The smallest absolute Gasteiger partial charge is 0.403 e. The fourth-order valence-electron chi connectivity index (χ4n) is 1.17. The van der Waals surface area contributed by atoms with Crippen LogP contribution in [0.25, 0.3) is 0 Å². The molecule has 0 aliphatic carbocycles. The van der Waals surface area contributed by atoms with Crippen LogP contribution in [0.3, 0.4) is 0 Å². The molecule has 3 nitrogen and oxygen atoms in total. The van der Waals surface area contributed by atoms with Crippen molar-refractivity contribution in [1.82, 2.24) is 0 Å². The number of carbonyl (C=O) groups is 1. The van der Waals surface area contributed by atoms with Gasteiger partial charge >= 0.3 is 7.12 Å². The molecule has 1 fully saturated rings. The van der Waals surface area contributed by atoms with Crippen LogP contribution in [0.4, 0.5) is 0 Å². The average Bonchev–Trinajstić information content (AvgIpc) is 2.20. The van der Waals surface area contributed by atoms with E-state index in [9.17, 15) is 4.79 Å². The van der Waals surface area contributed by atoms with E-state index in [1.54, 1.807) is 6.92 Å². The van der Waals surface area contributed by atoms with Gasteiger partial charge in [0, 0.05) is 5.82 Å². The van der Waals surface area contributed by atoms with Gasteiger partial charge in [0.25, 0.3) is 0 Å². The second-order valence-electron chi connectivity index (χ2n) is 4.62. The summed E-state index contributed by atoms with van der Waals surface area (Å²) in [6.45, 7) is 9.71. The van der Waals surface area contributed by atoms with Crippen LogP contribution in [-0.2, 0) is 14.1 Å². The van der Waals surface area contributed by atoms with Crippen molar-refractivity contribution in [3.63, 3.8) is 0 Å². The van der Waals surface area contributed by atoms with E-state index in [1.165, 1.54) is 0 Å². The minimum Gasteiger partial charge on any atom is -0.403 e. The van der Waals surface area contributed by atoms with Crippen LogP contribution >= 0.6 is 0 Å². The second-order valence-corrected chi connectivity index (χ2v) is 4.62. The lowest BCUT2D eigenvalue weighted by molar-refractivity contribution is -0.107. The van der Waals surface area contributed by atoms with E-state index >= 15 is 0 Å². The van der Waals surface area contributed by atoms with E-state index in [2.05, 4.69) is 0 Å². The largest absolute Gasteiger partial charge is 0.468 e. The quantitative estimate of drug-likeness (QED) is 0.483. The Kier molecular flexibility index (Phi) is 2.56. The number of aldehydes is 1. The highest BCUT2D eigenvalue weighted by Gasteiger charge is 2.52. The molecule has 1 saturated heterocycles. The third-order valence-corrected chi connectivity index (χ3v) is 2.92. The molecule has 0 aromatic heterocycles. The van der Waals surface area contributed by atoms with Crippen molar-refractivity contribution < 1.29 is 14.1 Å². The monoisotopic (exact) mass is 184 g/mol. The van der Waals surface area contributed by atoms with Gasteiger partial charge in [0.1, 0.15) is 6.29 Å². The van der Waals surface area contributed by atoms with Crippen LogP contribution in [-0.4, -0.2) is 24.6 Å². The van der Waals surface area contributed by atoms with Crippen LogP contribution in [0.2, 0.25) is 5.82 Å². The molecule has 0 aromatic rings. The van der Waals surface area contributed by atoms with Gasteiger partial charge < -0.3 is 14.1 Å². The third kappa shape index (κ3) is 1.79. The van der Waals surface area contributed by atoms with Crippen LogP contribution in [0.15, 0.2) is 0 Å². The molecule has 1 heterocycles. The van der Waals surface area contributed by atoms with Crippen LogP contribution < -0.4 is 0 Å². The standard InChI is InChI=1S/C9H17BO3/c1-7(6-11)10-12-8(2,3)9(4,5)13-10/h6-7H,1-5H3. The molecular weight excluding hydrogens is 167 g/mol. The molecule has 1 aliphatic heterocycles. The summed E-state index contributed by atoms with van der Waals surface area (Å²) in [6, 6.07) is 0. The fourth-order valence-corrected chi connectivity index (χ4v) is 1.17. The zero-order chi connectivity index (χ0) is 10.3. The molecule has 0 spiro atoms. The molecule has 1 aliphatic rings. The van der Waals surface area contributed by atoms with E-state index in [0.717, 1.165) is 6.29 Å². The van der Waals surface area contributed by atoms with Crippen molar-refractivity contribution in [2.45, 2.75) is 51.6 Å². The molecule has 0 radical (unpaired) electrons. The maximum absolute atomic E-state index is 10.6. The Morgan fingerprint density at radius 3 is 1.85 bits per heavy atom. The Labute approximate surface area is 79.9 Å². The predicted octanol–water partition coefficient (Wildman–Crippen LogP) is 1.67. The Bertz CT molecular complexity index is 197. The fraction of sp³-hybridized carbons (Fsp3) is 0.889. The molecule has 0 amide bonds. The van der Waals surface area contributed by atoms with E-state index in [-0.39, 0.29) is 17.0 Å². The molecule has 1 atom stereocenters. The van der Waals surface area contributed by atoms with Crippen molar-refractivity contribution in [2.24, 2.45) is 0 Å². The van der Waals surface area contributed by atoms with E-state index in [1.807, 2.05) is 27.7 Å². The number of hydrogen-bond donors (Lipinski definition) is 0. The normalized spacial score (nSPS) is 27.3. The van der Waals surface area contributed by atoms with Gasteiger partial charge in [0.15, 0.2) is 0 Å². The molecule has 1 unspecified atom stereocenters. The molecule has 0 aromatic carbocycles. The second kappa shape index (κ2) is 3.10. The highest BCUT2D eigenvalue weighted by molar-refractivity contribution is 6.51. The summed E-state index contributed by atoms with van der Waals surface area (Å²) >= 11 is 0. The first-order chi connectivity index (χ1) is 5.80. The van der Waals surface area contributed by atoms with E-state index in [4.69, 9.17) is 9.31 Å². The summed E-state index contributed by atoms with van der Waals surface area (Å²) in [6.07, 6.45) is 0.863. The first kappa shape index (κ1) is 10.7. The summed E-state index contributed by atoms with van der Waals surface area (Å²) in [5, 5.41) is 0. The van der Waals surface area contributed by atoms with Crippen molar-refractivity contribution >= 4 is 13.4 Å². The lowest BCUT2D eigenvalue weighted by atomic mass is 9.74. The molecule has 0 bridgehead atoms. The summed E-state index contributed by atoms with van der Waals surface area (Å²) in [4.78, 5) is 10.6. The third-order valence-electron chi connectivity index (χ3n) is 2.92. The Hall–Kier alpha value is -0.345. The van der Waals surface area contributed by atoms with Gasteiger partial charge in [-0.3, -0.25) is 0 Å². The van der Waals surface area contributed by atoms with Gasteiger partial charge in [-0.15, -0.1) is 0 Å². The molecule has 1 rings (SSSR count).